The lowest BCUT2D eigenvalue weighted by Crippen LogP contribution is -2.00. The molecule has 6 nitrogen and oxygen atoms in total. The Morgan fingerprint density at radius 1 is 0.778 bits per heavy atom. The first-order valence-corrected chi connectivity index (χ1v) is 10.1. The predicted octanol–water partition coefficient (Wildman–Crippen LogP) is 4.24. The van der Waals surface area contributed by atoms with Gasteiger partial charge in [-0.25, -0.2) is 0 Å². The molecule has 0 radical (unpaired) electrons. The van der Waals surface area contributed by atoms with Crippen molar-refractivity contribution in [2.45, 2.75) is 0 Å². The average molecular weight is 405 g/mol. The third-order valence-electron chi connectivity index (χ3n) is 4.11. The van der Waals surface area contributed by atoms with E-state index in [1.54, 1.807) is 28.4 Å². The van der Waals surface area contributed by atoms with Crippen molar-refractivity contribution in [1.29, 1.82) is 5.41 Å². The Kier molecular flexibility index (Phi) is 5.57. The Labute approximate surface area is 164 Å². The number of methoxy groups -OCH3 is 4. The van der Waals surface area contributed by atoms with Crippen LogP contribution in [-0.2, 0) is 0 Å². The molecule has 0 unspecified atom stereocenters. The monoisotopic (exact) mass is 404 g/mol. The highest BCUT2D eigenvalue weighted by atomic mass is 32.9. The topological polar surface area (TPSA) is 86.8 Å². The van der Waals surface area contributed by atoms with Crippen molar-refractivity contribution in [2.24, 2.45) is 0 Å². The smallest absolute Gasteiger partial charge is 0.203 e. The predicted molar refractivity (Wildman–Crippen MR) is 110 cm³/mol. The van der Waals surface area contributed by atoms with Crippen molar-refractivity contribution >= 4 is 26.4 Å². The lowest BCUT2D eigenvalue weighted by Gasteiger charge is -2.14. The van der Waals surface area contributed by atoms with E-state index in [9.17, 15) is 0 Å². The molecule has 0 aliphatic rings. The van der Waals surface area contributed by atoms with Crippen LogP contribution in [0.5, 0.6) is 23.0 Å². The van der Waals surface area contributed by atoms with Crippen molar-refractivity contribution < 1.29 is 18.9 Å². The van der Waals surface area contributed by atoms with Crippen LogP contribution in [0.1, 0.15) is 0 Å². The second kappa shape index (κ2) is 7.89. The van der Waals surface area contributed by atoms with Gasteiger partial charge in [-0.1, -0.05) is 20.7 Å². The first-order chi connectivity index (χ1) is 13.0. The highest BCUT2D eigenvalue weighted by Gasteiger charge is 2.19. The Morgan fingerprint density at radius 2 is 1.41 bits per heavy atom. The quantitative estimate of drug-likeness (QED) is 0.474. The number of nitrogens with one attached hydrogen (secondary N) is 1. The highest BCUT2D eigenvalue weighted by Crippen LogP contribution is 2.44. The van der Waals surface area contributed by atoms with E-state index in [0.29, 0.717) is 33.4 Å². The molecule has 0 aliphatic heterocycles. The van der Waals surface area contributed by atoms with Crippen LogP contribution in [0.3, 0.4) is 0 Å². The van der Waals surface area contributed by atoms with Crippen molar-refractivity contribution in [3.8, 4) is 44.6 Å². The van der Waals surface area contributed by atoms with E-state index < -0.39 is 0 Å². The molecule has 0 saturated carbocycles. The molecule has 0 atom stereocenters. The number of benzene rings is 2. The lowest BCUT2D eigenvalue weighted by molar-refractivity contribution is 0.324. The normalized spacial score (nSPS) is 10.5. The van der Waals surface area contributed by atoms with Gasteiger partial charge in [-0.2, -0.15) is 0 Å². The summed E-state index contributed by atoms with van der Waals surface area (Å²) in [7, 11) is 9.22. The first-order valence-electron chi connectivity index (χ1n) is 7.96. The van der Waals surface area contributed by atoms with Crippen LogP contribution < -0.4 is 29.4 Å². The Morgan fingerprint density at radius 3 is 1.93 bits per heavy atom. The Hall–Kier alpha value is -2.71. The number of ether oxygens (including phenoxy) is 4. The Bertz CT molecular complexity index is 1000. The largest absolute Gasteiger partial charge is 0.495 e. The van der Waals surface area contributed by atoms with Gasteiger partial charge in [-0.05, 0) is 41.5 Å². The minimum absolute atomic E-state index is 0.457. The molecule has 0 fully saturated rings. The molecular formula is C19H20N2O4S2. The molecule has 0 saturated heterocycles. The summed E-state index contributed by atoms with van der Waals surface area (Å²) in [6, 6.07) is 9.33. The van der Waals surface area contributed by atoms with Gasteiger partial charge in [0, 0.05) is 5.56 Å². The molecule has 0 aliphatic carbocycles. The summed E-state index contributed by atoms with van der Waals surface area (Å²) >= 11 is 0. The molecule has 1 heterocycles. The zero-order valence-electron chi connectivity index (χ0n) is 15.4. The van der Waals surface area contributed by atoms with Crippen molar-refractivity contribution in [2.75, 3.05) is 34.2 Å². The summed E-state index contributed by atoms with van der Waals surface area (Å²) in [4.78, 5) is 0.952. The Balaban J connectivity index is 2.21. The SMILES string of the molecule is COc1ccc(-c2ssc(=N)c2-c2cc(OC)c(OC)c(OC)c2)cc1N. The molecule has 142 valence electrons. The number of hydrogen-bond donors (Lipinski definition) is 2. The van der Waals surface area contributed by atoms with E-state index in [2.05, 4.69) is 0 Å². The van der Waals surface area contributed by atoms with Crippen LogP contribution in [0.2, 0.25) is 0 Å². The lowest BCUT2D eigenvalue weighted by atomic mass is 10.0. The molecule has 27 heavy (non-hydrogen) atoms. The van der Waals surface area contributed by atoms with E-state index in [0.717, 1.165) is 21.6 Å². The van der Waals surface area contributed by atoms with Gasteiger partial charge in [-0.3, -0.25) is 5.41 Å². The minimum Gasteiger partial charge on any atom is -0.495 e. The molecular weight excluding hydrogens is 384 g/mol. The van der Waals surface area contributed by atoms with Gasteiger partial charge in [-0.15, -0.1) is 0 Å². The van der Waals surface area contributed by atoms with Crippen LogP contribution in [0, 0.1) is 5.41 Å². The van der Waals surface area contributed by atoms with E-state index in [4.69, 9.17) is 30.1 Å². The van der Waals surface area contributed by atoms with E-state index >= 15 is 0 Å². The standard InChI is InChI=1S/C19H20N2O4S2/c1-22-13-6-5-10(7-12(13)20)18-16(19(21)27-26-18)11-8-14(23-2)17(25-4)15(9-11)24-3/h5-9,21H,20H2,1-4H3. The number of hydrogen-bond acceptors (Lipinski definition) is 8. The summed E-state index contributed by atoms with van der Waals surface area (Å²) in [5, 5.41) is 8.42. The third-order valence-corrected chi connectivity index (χ3v) is 6.42. The fraction of sp³-hybridized carbons (Fsp3) is 0.211. The van der Waals surface area contributed by atoms with Gasteiger partial charge in [0.2, 0.25) is 5.75 Å². The van der Waals surface area contributed by atoms with Gasteiger partial charge in [0.1, 0.15) is 10.4 Å². The van der Waals surface area contributed by atoms with E-state index in [1.807, 2.05) is 30.3 Å². The van der Waals surface area contributed by atoms with Crippen molar-refractivity contribution in [3.05, 3.63) is 35.0 Å². The second-order valence-corrected chi connectivity index (χ2v) is 7.72. The van der Waals surface area contributed by atoms with Crippen LogP contribution in [0.25, 0.3) is 21.6 Å². The summed E-state index contributed by atoms with van der Waals surface area (Å²) in [5.74, 6) is 2.23. The number of rotatable bonds is 6. The molecule has 2 aromatic carbocycles. The fourth-order valence-electron chi connectivity index (χ4n) is 2.83. The molecule has 0 amide bonds. The van der Waals surface area contributed by atoms with Crippen LogP contribution in [0.15, 0.2) is 30.3 Å². The third kappa shape index (κ3) is 3.45. The fourth-order valence-corrected chi connectivity index (χ4v) is 5.18. The highest BCUT2D eigenvalue weighted by molar-refractivity contribution is 7.70. The van der Waals surface area contributed by atoms with Crippen molar-refractivity contribution in [1.82, 2.24) is 0 Å². The van der Waals surface area contributed by atoms with Crippen LogP contribution >= 0.6 is 20.7 Å². The maximum absolute atomic E-state index is 8.42. The number of nitrogen functional groups attached to an aromatic ring is 1. The molecule has 0 bridgehead atoms. The molecule has 3 N–H and O–H groups in total. The van der Waals surface area contributed by atoms with Gasteiger partial charge < -0.3 is 24.7 Å². The first kappa shape index (κ1) is 19.1. The molecule has 0 spiro atoms. The maximum Gasteiger partial charge on any atom is 0.203 e. The molecule has 1 aromatic heterocycles. The average Bonchev–Trinajstić information content (AvgIpc) is 3.08. The maximum atomic E-state index is 8.42. The zero-order chi connectivity index (χ0) is 19.6. The van der Waals surface area contributed by atoms with Gasteiger partial charge in [0.25, 0.3) is 0 Å². The van der Waals surface area contributed by atoms with Gasteiger partial charge in [0.05, 0.1) is 39.0 Å². The summed E-state index contributed by atoms with van der Waals surface area (Å²) in [6.07, 6.45) is 0. The number of anilines is 1. The van der Waals surface area contributed by atoms with Crippen LogP contribution in [-0.4, -0.2) is 28.4 Å². The van der Waals surface area contributed by atoms with E-state index in [-0.39, 0.29) is 0 Å². The molecule has 8 heteroatoms. The summed E-state index contributed by atoms with van der Waals surface area (Å²) in [6.45, 7) is 0. The molecule has 3 aromatic rings. The van der Waals surface area contributed by atoms with E-state index in [1.165, 1.54) is 20.7 Å². The zero-order valence-corrected chi connectivity index (χ0v) is 17.0. The minimum atomic E-state index is 0.457. The van der Waals surface area contributed by atoms with Gasteiger partial charge >= 0.3 is 0 Å². The van der Waals surface area contributed by atoms with Crippen LogP contribution in [0.4, 0.5) is 5.69 Å². The molecule has 3 rings (SSSR count). The van der Waals surface area contributed by atoms with Crippen molar-refractivity contribution in [3.63, 3.8) is 0 Å². The second-order valence-electron chi connectivity index (χ2n) is 5.57. The number of nitrogens with two attached hydrogens (primary N) is 1. The summed E-state index contributed by atoms with van der Waals surface area (Å²) in [5.41, 5.74) is 9.17. The summed E-state index contributed by atoms with van der Waals surface area (Å²) < 4.78 is 22.0. The van der Waals surface area contributed by atoms with Gasteiger partial charge in [0.15, 0.2) is 11.5 Å².